The van der Waals surface area contributed by atoms with Crippen molar-refractivity contribution < 1.29 is 14.3 Å². The van der Waals surface area contributed by atoms with Gasteiger partial charge in [-0.05, 0) is 42.5 Å². The summed E-state index contributed by atoms with van der Waals surface area (Å²) in [5, 5.41) is 14.7. The maximum Gasteiger partial charge on any atom is 0.257 e. The predicted octanol–water partition coefficient (Wildman–Crippen LogP) is 3.53. The summed E-state index contributed by atoms with van der Waals surface area (Å²) in [7, 11) is 1.57. The van der Waals surface area contributed by atoms with E-state index in [9.17, 15) is 9.59 Å². The van der Waals surface area contributed by atoms with Crippen LogP contribution in [0.5, 0.6) is 5.75 Å². The Morgan fingerprint density at radius 2 is 1.86 bits per heavy atom. The molecule has 2 aromatic carbocycles. The van der Waals surface area contributed by atoms with E-state index in [1.54, 1.807) is 43.5 Å². The average molecular weight is 461 g/mol. The van der Waals surface area contributed by atoms with Gasteiger partial charge < -0.3 is 10.1 Å². The number of rotatable bonds is 7. The number of benzene rings is 2. The molecule has 9 heteroatoms. The molecule has 3 aromatic rings. The molecule has 0 aliphatic rings. The number of nitrogens with one attached hydrogen (secondary N) is 2. The number of hydrogen-bond donors (Lipinski definition) is 2. The molecule has 0 saturated carbocycles. The van der Waals surface area contributed by atoms with Crippen molar-refractivity contribution in [1.29, 1.82) is 0 Å². The molecule has 1 heterocycles. The van der Waals surface area contributed by atoms with E-state index in [1.807, 2.05) is 12.1 Å². The standard InChI is InChI=1S/C19H17BrN4O3S/c1-27-15-7-5-12(6-8-15)18(26)22-19-24-23-16(28-19)9-10-21-17(25)13-3-2-4-14(20)11-13/h2-8,11H,9-10H2,1H3,(H,21,25)(H,22,24,26). The fourth-order valence-corrected chi connectivity index (χ4v) is 3.47. The number of methoxy groups -OCH3 is 1. The van der Waals surface area contributed by atoms with Crippen molar-refractivity contribution in [2.75, 3.05) is 19.0 Å². The lowest BCUT2D eigenvalue weighted by Crippen LogP contribution is -2.25. The van der Waals surface area contributed by atoms with Gasteiger partial charge in [0.25, 0.3) is 11.8 Å². The Morgan fingerprint density at radius 3 is 2.57 bits per heavy atom. The van der Waals surface area contributed by atoms with Crippen molar-refractivity contribution in [3.05, 3.63) is 69.1 Å². The van der Waals surface area contributed by atoms with Crippen LogP contribution in [0.4, 0.5) is 5.13 Å². The Kier molecular flexibility index (Phi) is 6.72. The van der Waals surface area contributed by atoms with Gasteiger partial charge in [0.2, 0.25) is 5.13 Å². The van der Waals surface area contributed by atoms with Crippen LogP contribution in [0, 0.1) is 0 Å². The Labute approximate surface area is 174 Å². The van der Waals surface area contributed by atoms with Crippen LogP contribution in [0.3, 0.4) is 0 Å². The Balaban J connectivity index is 1.49. The first kappa shape index (κ1) is 20.0. The van der Waals surface area contributed by atoms with Gasteiger partial charge in [0.05, 0.1) is 7.11 Å². The quantitative estimate of drug-likeness (QED) is 0.562. The second kappa shape index (κ2) is 9.43. The van der Waals surface area contributed by atoms with E-state index in [1.165, 1.54) is 11.3 Å². The van der Waals surface area contributed by atoms with Gasteiger partial charge in [0.15, 0.2) is 0 Å². The van der Waals surface area contributed by atoms with Gasteiger partial charge in [-0.3, -0.25) is 14.9 Å². The average Bonchev–Trinajstić information content (AvgIpc) is 3.15. The Hall–Kier alpha value is -2.78. The normalized spacial score (nSPS) is 10.4. The van der Waals surface area contributed by atoms with Crippen molar-refractivity contribution in [3.63, 3.8) is 0 Å². The van der Waals surface area contributed by atoms with Gasteiger partial charge in [0.1, 0.15) is 10.8 Å². The molecule has 0 radical (unpaired) electrons. The molecule has 0 atom stereocenters. The molecule has 0 unspecified atom stereocenters. The minimum Gasteiger partial charge on any atom is -0.497 e. The first-order valence-electron chi connectivity index (χ1n) is 8.36. The second-order valence-corrected chi connectivity index (χ2v) is 7.68. The molecule has 1 aromatic heterocycles. The molecule has 0 aliphatic carbocycles. The number of halogens is 1. The largest absolute Gasteiger partial charge is 0.497 e. The van der Waals surface area contributed by atoms with Crippen molar-refractivity contribution >= 4 is 44.2 Å². The minimum absolute atomic E-state index is 0.154. The number of aromatic nitrogens is 2. The second-order valence-electron chi connectivity index (χ2n) is 5.70. The van der Waals surface area contributed by atoms with Crippen molar-refractivity contribution in [1.82, 2.24) is 15.5 Å². The van der Waals surface area contributed by atoms with Crippen LogP contribution in [0.2, 0.25) is 0 Å². The first-order chi connectivity index (χ1) is 13.5. The van der Waals surface area contributed by atoms with E-state index in [2.05, 4.69) is 36.8 Å². The summed E-state index contributed by atoms with van der Waals surface area (Å²) in [6, 6.07) is 14.0. The van der Waals surface area contributed by atoms with Crippen molar-refractivity contribution in [3.8, 4) is 5.75 Å². The fourth-order valence-electron chi connectivity index (χ4n) is 2.33. The molecule has 28 heavy (non-hydrogen) atoms. The summed E-state index contributed by atoms with van der Waals surface area (Å²) in [6.45, 7) is 0.423. The van der Waals surface area contributed by atoms with E-state index in [-0.39, 0.29) is 11.8 Å². The molecule has 3 rings (SSSR count). The number of amides is 2. The SMILES string of the molecule is COc1ccc(C(=O)Nc2nnc(CCNC(=O)c3cccc(Br)c3)s2)cc1. The molecule has 0 bridgehead atoms. The third-order valence-electron chi connectivity index (χ3n) is 3.75. The zero-order valence-corrected chi connectivity index (χ0v) is 17.3. The van der Waals surface area contributed by atoms with Crippen LogP contribution in [0.1, 0.15) is 25.7 Å². The van der Waals surface area contributed by atoms with E-state index in [0.717, 1.165) is 9.48 Å². The molecule has 2 N–H and O–H groups in total. The molecule has 0 aliphatic heterocycles. The summed E-state index contributed by atoms with van der Waals surface area (Å²) < 4.78 is 5.92. The Morgan fingerprint density at radius 1 is 1.07 bits per heavy atom. The molecule has 0 saturated heterocycles. The summed E-state index contributed by atoms with van der Waals surface area (Å²) in [4.78, 5) is 24.3. The third-order valence-corrected chi connectivity index (χ3v) is 5.14. The molecule has 2 amide bonds. The van der Waals surface area contributed by atoms with E-state index >= 15 is 0 Å². The highest BCUT2D eigenvalue weighted by Crippen LogP contribution is 2.18. The van der Waals surface area contributed by atoms with Gasteiger partial charge in [0, 0.05) is 28.6 Å². The van der Waals surface area contributed by atoms with Crippen LogP contribution in [0.25, 0.3) is 0 Å². The summed E-state index contributed by atoms with van der Waals surface area (Å²) in [5.41, 5.74) is 1.08. The number of ether oxygens (including phenoxy) is 1. The van der Waals surface area contributed by atoms with Crippen molar-refractivity contribution in [2.45, 2.75) is 6.42 Å². The van der Waals surface area contributed by atoms with Gasteiger partial charge in [-0.15, -0.1) is 10.2 Å². The number of nitrogens with zero attached hydrogens (tertiary/aromatic N) is 2. The van der Waals surface area contributed by atoms with Crippen LogP contribution < -0.4 is 15.4 Å². The molecular weight excluding hydrogens is 444 g/mol. The Bertz CT molecular complexity index is 975. The molecule has 0 spiro atoms. The number of anilines is 1. The van der Waals surface area contributed by atoms with Crippen LogP contribution >= 0.6 is 27.3 Å². The van der Waals surface area contributed by atoms with Gasteiger partial charge >= 0.3 is 0 Å². The smallest absolute Gasteiger partial charge is 0.257 e. The van der Waals surface area contributed by atoms with Gasteiger partial charge in [-0.1, -0.05) is 33.3 Å². The summed E-state index contributed by atoms with van der Waals surface area (Å²) >= 11 is 4.62. The molecule has 7 nitrogen and oxygen atoms in total. The molecule has 0 fully saturated rings. The first-order valence-corrected chi connectivity index (χ1v) is 9.97. The monoisotopic (exact) mass is 460 g/mol. The summed E-state index contributed by atoms with van der Waals surface area (Å²) in [5.74, 6) is 0.256. The summed E-state index contributed by atoms with van der Waals surface area (Å²) in [6.07, 6.45) is 0.524. The number of carbonyl (C=O) groups excluding carboxylic acids is 2. The molecular formula is C19H17BrN4O3S. The van der Waals surface area contributed by atoms with Gasteiger partial charge in [-0.2, -0.15) is 0 Å². The lowest BCUT2D eigenvalue weighted by atomic mass is 10.2. The minimum atomic E-state index is -0.270. The van der Waals surface area contributed by atoms with Gasteiger partial charge in [-0.25, -0.2) is 0 Å². The van der Waals surface area contributed by atoms with E-state index < -0.39 is 0 Å². The highest BCUT2D eigenvalue weighted by Gasteiger charge is 2.11. The lowest BCUT2D eigenvalue weighted by molar-refractivity contribution is 0.0953. The number of hydrogen-bond acceptors (Lipinski definition) is 6. The van der Waals surface area contributed by atoms with Crippen LogP contribution in [-0.2, 0) is 6.42 Å². The van der Waals surface area contributed by atoms with Crippen LogP contribution in [0.15, 0.2) is 53.0 Å². The molecule has 144 valence electrons. The van der Waals surface area contributed by atoms with E-state index in [0.29, 0.717) is 35.0 Å². The van der Waals surface area contributed by atoms with E-state index in [4.69, 9.17) is 4.74 Å². The number of carbonyl (C=O) groups is 2. The third kappa shape index (κ3) is 5.37. The van der Waals surface area contributed by atoms with Crippen LogP contribution in [-0.4, -0.2) is 35.7 Å². The zero-order valence-electron chi connectivity index (χ0n) is 14.9. The fraction of sp³-hybridized carbons (Fsp3) is 0.158. The predicted molar refractivity (Wildman–Crippen MR) is 111 cm³/mol. The maximum absolute atomic E-state index is 12.2. The van der Waals surface area contributed by atoms with Crippen molar-refractivity contribution in [2.24, 2.45) is 0 Å². The highest BCUT2D eigenvalue weighted by molar-refractivity contribution is 9.10. The highest BCUT2D eigenvalue weighted by atomic mass is 79.9. The topological polar surface area (TPSA) is 93.2 Å². The zero-order chi connectivity index (χ0) is 19.9. The maximum atomic E-state index is 12.2. The lowest BCUT2D eigenvalue weighted by Gasteiger charge is -2.04.